The van der Waals surface area contributed by atoms with E-state index in [1.165, 1.54) is 4.90 Å². The van der Waals surface area contributed by atoms with Crippen molar-refractivity contribution in [3.63, 3.8) is 0 Å². The number of imidazole rings is 1. The number of fused-ring (bicyclic) bond motifs is 1. The van der Waals surface area contributed by atoms with Gasteiger partial charge in [0.1, 0.15) is 11.5 Å². The van der Waals surface area contributed by atoms with E-state index in [1.54, 1.807) is 38.6 Å². The van der Waals surface area contributed by atoms with E-state index < -0.39 is 5.60 Å². The van der Waals surface area contributed by atoms with Crippen LogP contribution in [-0.4, -0.2) is 50.6 Å². The van der Waals surface area contributed by atoms with E-state index in [9.17, 15) is 14.7 Å². The lowest BCUT2D eigenvalue weighted by Crippen LogP contribution is -2.53. The fraction of sp³-hybridized carbons (Fsp3) is 0.346. The molecule has 8 nitrogen and oxygen atoms in total. The van der Waals surface area contributed by atoms with Crippen molar-refractivity contribution in [1.29, 1.82) is 0 Å². The SMILES string of the molecule is Cc1c(C)c2c(c(C)c1O)CCC(C)(C(=O)N(C)CC(=O)Nc1ccc(-n3ccnc3)cc1)O2. The van der Waals surface area contributed by atoms with E-state index in [4.69, 9.17) is 4.74 Å². The summed E-state index contributed by atoms with van der Waals surface area (Å²) in [6, 6.07) is 7.37. The van der Waals surface area contributed by atoms with Crippen LogP contribution >= 0.6 is 0 Å². The maximum atomic E-state index is 13.3. The first-order valence-electron chi connectivity index (χ1n) is 11.2. The zero-order chi connectivity index (χ0) is 24.6. The fourth-order valence-corrected chi connectivity index (χ4v) is 4.42. The topological polar surface area (TPSA) is 96.7 Å². The first-order valence-corrected chi connectivity index (χ1v) is 11.2. The molecule has 1 atom stereocenters. The Balaban J connectivity index is 1.42. The number of likely N-dealkylation sites (N-methyl/N-ethyl adjacent to an activating group) is 1. The molecule has 8 heteroatoms. The number of phenols is 1. The molecule has 0 fully saturated rings. The summed E-state index contributed by atoms with van der Waals surface area (Å²) in [6.45, 7) is 7.26. The van der Waals surface area contributed by atoms with Gasteiger partial charge in [0.25, 0.3) is 5.91 Å². The number of carbonyl (C=O) groups is 2. The molecule has 2 amide bonds. The van der Waals surface area contributed by atoms with Gasteiger partial charge in [0.05, 0.1) is 12.9 Å². The Kier molecular flexibility index (Phi) is 6.08. The van der Waals surface area contributed by atoms with E-state index in [0.717, 1.165) is 27.9 Å². The normalized spacial score (nSPS) is 17.0. The van der Waals surface area contributed by atoms with Crippen LogP contribution < -0.4 is 10.1 Å². The van der Waals surface area contributed by atoms with Crippen LogP contribution in [0.5, 0.6) is 11.5 Å². The summed E-state index contributed by atoms with van der Waals surface area (Å²) in [5, 5.41) is 13.2. The minimum Gasteiger partial charge on any atom is -0.507 e. The molecule has 0 saturated carbocycles. The monoisotopic (exact) mass is 462 g/mol. The third-order valence-corrected chi connectivity index (χ3v) is 6.65. The highest BCUT2D eigenvalue weighted by molar-refractivity contribution is 5.96. The number of anilines is 1. The molecular formula is C26H30N4O4. The van der Waals surface area contributed by atoms with Gasteiger partial charge in [0.2, 0.25) is 5.91 Å². The number of hydrogen-bond acceptors (Lipinski definition) is 5. The van der Waals surface area contributed by atoms with Crippen LogP contribution in [0.2, 0.25) is 0 Å². The molecule has 0 radical (unpaired) electrons. The van der Waals surface area contributed by atoms with Gasteiger partial charge in [-0.3, -0.25) is 9.59 Å². The highest BCUT2D eigenvalue weighted by Crippen LogP contribution is 2.43. The summed E-state index contributed by atoms with van der Waals surface area (Å²) >= 11 is 0. The maximum Gasteiger partial charge on any atom is 0.266 e. The first-order chi connectivity index (χ1) is 16.1. The molecule has 3 aromatic rings. The van der Waals surface area contributed by atoms with Crippen LogP contribution in [0.3, 0.4) is 0 Å². The summed E-state index contributed by atoms with van der Waals surface area (Å²) in [4.78, 5) is 31.3. The highest BCUT2D eigenvalue weighted by Gasteiger charge is 2.42. The number of hydrogen-bond donors (Lipinski definition) is 2. The molecule has 0 bridgehead atoms. The van der Waals surface area contributed by atoms with E-state index in [2.05, 4.69) is 10.3 Å². The van der Waals surface area contributed by atoms with Gasteiger partial charge in [-0.15, -0.1) is 0 Å². The van der Waals surface area contributed by atoms with Gasteiger partial charge in [0, 0.05) is 42.8 Å². The number of nitrogens with zero attached hydrogens (tertiary/aromatic N) is 3. The summed E-state index contributed by atoms with van der Waals surface area (Å²) in [6.07, 6.45) is 6.32. The molecule has 178 valence electrons. The van der Waals surface area contributed by atoms with Crippen molar-refractivity contribution in [2.45, 2.75) is 46.1 Å². The van der Waals surface area contributed by atoms with Crippen molar-refractivity contribution in [2.24, 2.45) is 0 Å². The average molecular weight is 463 g/mol. The molecule has 2 N–H and O–H groups in total. The maximum absolute atomic E-state index is 13.3. The van der Waals surface area contributed by atoms with Gasteiger partial charge in [-0.05, 0) is 75.1 Å². The van der Waals surface area contributed by atoms with Gasteiger partial charge in [0.15, 0.2) is 5.60 Å². The molecule has 4 rings (SSSR count). The van der Waals surface area contributed by atoms with Crippen LogP contribution in [0.1, 0.15) is 35.6 Å². The van der Waals surface area contributed by atoms with Crippen molar-refractivity contribution >= 4 is 17.5 Å². The lowest BCUT2D eigenvalue weighted by atomic mass is 9.86. The van der Waals surface area contributed by atoms with E-state index in [1.807, 2.05) is 43.7 Å². The number of phenolic OH excluding ortho intramolecular Hbond substituents is 1. The molecule has 0 spiro atoms. The third kappa shape index (κ3) is 4.23. The van der Waals surface area contributed by atoms with E-state index in [0.29, 0.717) is 24.3 Å². The Labute approximate surface area is 199 Å². The predicted octanol–water partition coefficient (Wildman–Crippen LogP) is 3.68. The Hall–Kier alpha value is -3.81. The number of aromatic hydroxyl groups is 1. The molecule has 1 aliphatic heterocycles. The van der Waals surface area contributed by atoms with E-state index in [-0.39, 0.29) is 24.1 Å². The van der Waals surface area contributed by atoms with Crippen LogP contribution in [0, 0.1) is 20.8 Å². The molecule has 34 heavy (non-hydrogen) atoms. The lowest BCUT2D eigenvalue weighted by Gasteiger charge is -2.38. The fourth-order valence-electron chi connectivity index (χ4n) is 4.42. The van der Waals surface area contributed by atoms with Crippen LogP contribution in [0.15, 0.2) is 43.0 Å². The molecule has 1 unspecified atom stereocenters. The number of benzene rings is 2. The average Bonchev–Trinajstić information content (AvgIpc) is 3.36. The lowest BCUT2D eigenvalue weighted by molar-refractivity contribution is -0.148. The number of carbonyl (C=O) groups excluding carboxylic acids is 2. The minimum atomic E-state index is -1.09. The predicted molar refractivity (Wildman–Crippen MR) is 130 cm³/mol. The summed E-state index contributed by atoms with van der Waals surface area (Å²) in [5.74, 6) is 0.387. The number of rotatable bonds is 5. The smallest absolute Gasteiger partial charge is 0.266 e. The minimum absolute atomic E-state index is 0.0967. The van der Waals surface area contributed by atoms with Crippen molar-refractivity contribution in [2.75, 3.05) is 18.9 Å². The van der Waals surface area contributed by atoms with Crippen molar-refractivity contribution in [1.82, 2.24) is 14.5 Å². The molecule has 1 aromatic heterocycles. The largest absolute Gasteiger partial charge is 0.507 e. The molecule has 1 aliphatic rings. The number of aromatic nitrogens is 2. The molecule has 0 aliphatic carbocycles. The van der Waals surface area contributed by atoms with E-state index >= 15 is 0 Å². The first kappa shape index (κ1) is 23.4. The second-order valence-corrected chi connectivity index (χ2v) is 9.09. The molecule has 2 aromatic carbocycles. The van der Waals surface area contributed by atoms with Gasteiger partial charge in [-0.25, -0.2) is 4.98 Å². The quantitative estimate of drug-likeness (QED) is 0.603. The highest BCUT2D eigenvalue weighted by atomic mass is 16.5. The van der Waals surface area contributed by atoms with Crippen LogP contribution in [0.25, 0.3) is 5.69 Å². The van der Waals surface area contributed by atoms with Crippen molar-refractivity contribution in [3.05, 3.63) is 65.2 Å². The molecule has 0 saturated heterocycles. The Morgan fingerprint density at radius 2 is 1.88 bits per heavy atom. The molecular weight excluding hydrogens is 432 g/mol. The zero-order valence-corrected chi connectivity index (χ0v) is 20.2. The van der Waals surface area contributed by atoms with Gasteiger partial charge in [-0.1, -0.05) is 0 Å². The van der Waals surface area contributed by atoms with Gasteiger partial charge >= 0.3 is 0 Å². The van der Waals surface area contributed by atoms with Gasteiger partial charge in [-0.2, -0.15) is 0 Å². The number of amides is 2. The van der Waals surface area contributed by atoms with Crippen molar-refractivity contribution < 1.29 is 19.4 Å². The Morgan fingerprint density at radius 3 is 2.53 bits per heavy atom. The molecule has 2 heterocycles. The standard InChI is InChI=1S/C26H30N4O4/c1-16-17(2)24-21(18(3)23(16)32)10-11-26(4,34-24)25(33)29(5)14-22(31)28-19-6-8-20(9-7-19)30-13-12-27-15-30/h6-9,12-13,15,32H,10-11,14H2,1-5H3,(H,28,31). The van der Waals surface area contributed by atoms with Crippen molar-refractivity contribution in [3.8, 4) is 17.2 Å². The second kappa shape index (κ2) is 8.85. The van der Waals surface area contributed by atoms with Crippen LogP contribution in [-0.2, 0) is 16.0 Å². The second-order valence-electron chi connectivity index (χ2n) is 9.09. The number of ether oxygens (including phenoxy) is 1. The third-order valence-electron chi connectivity index (χ3n) is 6.65. The van der Waals surface area contributed by atoms with Crippen LogP contribution in [0.4, 0.5) is 5.69 Å². The zero-order valence-electron chi connectivity index (χ0n) is 20.2. The summed E-state index contributed by atoms with van der Waals surface area (Å²) in [5.41, 5.74) is 3.79. The Morgan fingerprint density at radius 1 is 1.18 bits per heavy atom. The van der Waals surface area contributed by atoms with Gasteiger partial charge < -0.3 is 24.6 Å². The number of nitrogens with one attached hydrogen (secondary N) is 1. The summed E-state index contributed by atoms with van der Waals surface area (Å²) < 4.78 is 8.12. The Bertz CT molecular complexity index is 1230. The summed E-state index contributed by atoms with van der Waals surface area (Å²) in [7, 11) is 1.61.